The lowest BCUT2D eigenvalue weighted by Gasteiger charge is -2.21. The lowest BCUT2D eigenvalue weighted by Crippen LogP contribution is -2.27. The molecule has 6 nitrogen and oxygen atoms in total. The zero-order chi connectivity index (χ0) is 20.4. The maximum absolute atomic E-state index is 5.80. The van der Waals surface area contributed by atoms with Gasteiger partial charge in [0.15, 0.2) is 5.65 Å². The molecular weight excluding hydrogens is 376 g/mol. The van der Waals surface area contributed by atoms with Crippen LogP contribution in [0.2, 0.25) is 0 Å². The number of benzene rings is 1. The third kappa shape index (κ3) is 2.88. The van der Waals surface area contributed by atoms with Crippen LogP contribution in [0.5, 0.6) is 5.75 Å². The van der Waals surface area contributed by atoms with Gasteiger partial charge in [-0.3, -0.25) is 0 Å². The standard InChI is InChI=1S/C24H28N4O2/c1-13-10-17(29-3)8-9-18(13)21-14(2)27-28-23(19-11-30-12-20(19)25-24(21)28)26-22(15-4-5-15)16-6-7-16/h8-10,15-16,22,26H,4-7,11-12H2,1-3H3. The molecule has 6 rings (SSSR count). The number of rotatable bonds is 6. The molecule has 2 aromatic heterocycles. The molecule has 2 fully saturated rings. The zero-order valence-electron chi connectivity index (χ0n) is 17.9. The molecule has 3 heterocycles. The van der Waals surface area contributed by atoms with E-state index < -0.39 is 0 Å². The summed E-state index contributed by atoms with van der Waals surface area (Å²) in [6, 6.07) is 6.76. The SMILES string of the molecule is COc1ccc(-c2c(C)nn3c(NC(C4CC4)C4CC4)c4c(nc23)COC4)c(C)c1. The molecule has 1 aromatic carbocycles. The van der Waals surface area contributed by atoms with Gasteiger partial charge in [-0.25, -0.2) is 4.98 Å². The van der Waals surface area contributed by atoms with Crippen LogP contribution >= 0.6 is 0 Å². The number of fused-ring (bicyclic) bond motifs is 2. The van der Waals surface area contributed by atoms with Crippen molar-refractivity contribution in [3.8, 4) is 16.9 Å². The van der Waals surface area contributed by atoms with Crippen molar-refractivity contribution >= 4 is 11.5 Å². The van der Waals surface area contributed by atoms with Gasteiger partial charge < -0.3 is 14.8 Å². The zero-order valence-corrected chi connectivity index (χ0v) is 17.9. The Morgan fingerprint density at radius 2 is 1.90 bits per heavy atom. The number of ether oxygens (including phenoxy) is 2. The Balaban J connectivity index is 1.52. The Morgan fingerprint density at radius 3 is 2.57 bits per heavy atom. The van der Waals surface area contributed by atoms with Crippen molar-refractivity contribution in [1.82, 2.24) is 14.6 Å². The first-order chi connectivity index (χ1) is 14.6. The molecule has 0 atom stereocenters. The minimum absolute atomic E-state index is 0.552. The van der Waals surface area contributed by atoms with Crippen molar-refractivity contribution in [2.24, 2.45) is 11.8 Å². The molecule has 2 saturated carbocycles. The Kier molecular flexibility index (Phi) is 4.07. The summed E-state index contributed by atoms with van der Waals surface area (Å²) in [6.45, 7) is 5.38. The van der Waals surface area contributed by atoms with Gasteiger partial charge in [0.2, 0.25) is 0 Å². The van der Waals surface area contributed by atoms with E-state index in [1.807, 2.05) is 10.6 Å². The number of nitrogens with zero attached hydrogens (tertiary/aromatic N) is 3. The first-order valence-corrected chi connectivity index (χ1v) is 11.0. The molecule has 0 saturated heterocycles. The minimum atomic E-state index is 0.552. The lowest BCUT2D eigenvalue weighted by molar-refractivity contribution is 0.133. The van der Waals surface area contributed by atoms with Crippen LogP contribution in [-0.2, 0) is 18.0 Å². The molecule has 2 aliphatic carbocycles. The largest absolute Gasteiger partial charge is 0.497 e. The Hall–Kier alpha value is -2.60. The average molecular weight is 405 g/mol. The Morgan fingerprint density at radius 1 is 1.13 bits per heavy atom. The van der Waals surface area contributed by atoms with E-state index in [1.54, 1.807) is 7.11 Å². The van der Waals surface area contributed by atoms with Crippen LogP contribution in [0.4, 0.5) is 5.82 Å². The predicted octanol–water partition coefficient (Wildman–Crippen LogP) is 4.65. The molecule has 0 radical (unpaired) electrons. The second-order valence-corrected chi connectivity index (χ2v) is 9.10. The molecule has 30 heavy (non-hydrogen) atoms. The predicted molar refractivity (Wildman–Crippen MR) is 116 cm³/mol. The molecule has 0 spiro atoms. The molecule has 3 aromatic rings. The van der Waals surface area contributed by atoms with E-state index in [1.165, 1.54) is 31.2 Å². The van der Waals surface area contributed by atoms with Gasteiger partial charge in [-0.2, -0.15) is 9.61 Å². The summed E-state index contributed by atoms with van der Waals surface area (Å²) in [5.41, 5.74) is 7.55. The number of hydrogen-bond acceptors (Lipinski definition) is 5. The number of methoxy groups -OCH3 is 1. The monoisotopic (exact) mass is 404 g/mol. The van der Waals surface area contributed by atoms with E-state index >= 15 is 0 Å². The van der Waals surface area contributed by atoms with Crippen LogP contribution in [-0.4, -0.2) is 27.7 Å². The molecule has 0 amide bonds. The highest BCUT2D eigenvalue weighted by Gasteiger charge is 2.42. The van der Waals surface area contributed by atoms with Gasteiger partial charge >= 0.3 is 0 Å². The van der Waals surface area contributed by atoms with Crippen molar-refractivity contribution in [2.45, 2.75) is 58.8 Å². The fraction of sp³-hybridized carbons (Fsp3) is 0.500. The van der Waals surface area contributed by atoms with E-state index in [9.17, 15) is 0 Å². The molecule has 1 aliphatic heterocycles. The van der Waals surface area contributed by atoms with E-state index in [0.29, 0.717) is 19.3 Å². The van der Waals surface area contributed by atoms with E-state index in [2.05, 4.69) is 31.3 Å². The van der Waals surface area contributed by atoms with Crippen LogP contribution < -0.4 is 10.1 Å². The van der Waals surface area contributed by atoms with Crippen LogP contribution in [0.3, 0.4) is 0 Å². The van der Waals surface area contributed by atoms with Crippen molar-refractivity contribution in [3.63, 3.8) is 0 Å². The summed E-state index contributed by atoms with van der Waals surface area (Å²) in [6.07, 6.45) is 5.37. The van der Waals surface area contributed by atoms with Gasteiger partial charge in [-0.15, -0.1) is 0 Å². The normalized spacial score (nSPS) is 18.3. The van der Waals surface area contributed by atoms with Crippen molar-refractivity contribution in [3.05, 3.63) is 40.7 Å². The van der Waals surface area contributed by atoms with Gasteiger partial charge in [0, 0.05) is 17.2 Å². The number of aryl methyl sites for hydroxylation is 2. The van der Waals surface area contributed by atoms with E-state index in [0.717, 1.165) is 57.1 Å². The molecule has 1 N–H and O–H groups in total. The first kappa shape index (κ1) is 18.2. The van der Waals surface area contributed by atoms with Gasteiger partial charge in [0.05, 0.1) is 31.7 Å². The highest BCUT2D eigenvalue weighted by molar-refractivity contribution is 5.83. The van der Waals surface area contributed by atoms with Crippen molar-refractivity contribution in [2.75, 3.05) is 12.4 Å². The van der Waals surface area contributed by atoms with E-state index in [4.69, 9.17) is 19.6 Å². The van der Waals surface area contributed by atoms with Gasteiger partial charge in [0.1, 0.15) is 11.6 Å². The van der Waals surface area contributed by atoms with Gasteiger partial charge in [0.25, 0.3) is 0 Å². The highest BCUT2D eigenvalue weighted by Crippen LogP contribution is 2.46. The number of hydrogen-bond donors (Lipinski definition) is 1. The Bertz CT molecular complexity index is 1130. The topological polar surface area (TPSA) is 60.7 Å². The smallest absolute Gasteiger partial charge is 0.165 e. The van der Waals surface area contributed by atoms with Crippen LogP contribution in [0.25, 0.3) is 16.8 Å². The summed E-state index contributed by atoms with van der Waals surface area (Å²) in [4.78, 5) is 5.03. The number of nitrogens with one attached hydrogen (secondary N) is 1. The fourth-order valence-electron chi connectivity index (χ4n) is 4.95. The van der Waals surface area contributed by atoms with Crippen molar-refractivity contribution in [1.29, 1.82) is 0 Å². The van der Waals surface area contributed by atoms with Gasteiger partial charge in [-0.1, -0.05) is 6.07 Å². The second-order valence-electron chi connectivity index (χ2n) is 9.10. The second kappa shape index (κ2) is 6.71. The van der Waals surface area contributed by atoms with E-state index in [-0.39, 0.29) is 0 Å². The van der Waals surface area contributed by atoms with Crippen LogP contribution in [0, 0.1) is 25.7 Å². The summed E-state index contributed by atoms with van der Waals surface area (Å²) in [5, 5.41) is 8.90. The minimum Gasteiger partial charge on any atom is -0.497 e. The molecule has 156 valence electrons. The van der Waals surface area contributed by atoms with Crippen LogP contribution in [0.15, 0.2) is 18.2 Å². The molecule has 3 aliphatic rings. The quantitative estimate of drug-likeness (QED) is 0.648. The maximum Gasteiger partial charge on any atom is 0.165 e. The molecular formula is C24H28N4O2. The fourth-order valence-corrected chi connectivity index (χ4v) is 4.95. The summed E-state index contributed by atoms with van der Waals surface area (Å²) >= 11 is 0. The summed E-state index contributed by atoms with van der Waals surface area (Å²) in [5.74, 6) is 3.57. The highest BCUT2D eigenvalue weighted by atomic mass is 16.5. The maximum atomic E-state index is 5.80. The third-order valence-electron chi connectivity index (χ3n) is 6.87. The molecule has 0 unspecified atom stereocenters. The summed E-state index contributed by atoms with van der Waals surface area (Å²) < 4.78 is 13.2. The molecule has 6 heteroatoms. The van der Waals surface area contributed by atoms with Crippen LogP contribution in [0.1, 0.15) is 48.2 Å². The average Bonchev–Trinajstić information content (AvgIpc) is 3.67. The van der Waals surface area contributed by atoms with Crippen molar-refractivity contribution < 1.29 is 9.47 Å². The van der Waals surface area contributed by atoms with Gasteiger partial charge in [-0.05, 0) is 74.6 Å². The Labute approximate surface area is 176 Å². The molecule has 0 bridgehead atoms. The first-order valence-electron chi connectivity index (χ1n) is 11.0. The third-order valence-corrected chi connectivity index (χ3v) is 6.87. The summed E-state index contributed by atoms with van der Waals surface area (Å²) in [7, 11) is 1.70. The number of aromatic nitrogens is 3. The lowest BCUT2D eigenvalue weighted by atomic mass is 10.0. The number of anilines is 1.